The first-order chi connectivity index (χ1) is 44.9. The second-order valence-electron chi connectivity index (χ2n) is 28.3. The third-order valence-corrected chi connectivity index (χ3v) is 16.8. The van der Waals surface area contributed by atoms with E-state index in [1.165, 1.54) is 32.1 Å². The number of nitrogens with one attached hydrogen (secondary N) is 8. The monoisotopic (exact) mass is 1330 g/mol. The highest BCUT2D eigenvalue weighted by Gasteiger charge is 2.39. The lowest BCUT2D eigenvalue weighted by molar-refractivity contribution is -0.158. The van der Waals surface area contributed by atoms with E-state index >= 15 is 4.79 Å². The second kappa shape index (κ2) is 42.3. The predicted octanol–water partition coefficient (Wildman–Crippen LogP) is 9.67. The molecule has 0 bridgehead atoms. The highest BCUT2D eigenvalue weighted by molar-refractivity contribution is 5.98. The van der Waals surface area contributed by atoms with E-state index in [9.17, 15) is 43.2 Å². The summed E-state index contributed by atoms with van der Waals surface area (Å²) in [5.41, 5.74) is 0.458. The largest absolute Gasteiger partial charge is 0.497 e. The van der Waals surface area contributed by atoms with Crippen LogP contribution in [0.4, 0.5) is 0 Å². The molecule has 0 saturated carbocycles. The molecule has 1 unspecified atom stereocenters. The van der Waals surface area contributed by atoms with Crippen LogP contribution < -0.4 is 52.0 Å². The Morgan fingerprint density at radius 3 is 1.35 bits per heavy atom. The number of cyclic esters (lactones) is 1. The van der Waals surface area contributed by atoms with Gasteiger partial charge in [0.2, 0.25) is 47.3 Å². The first-order valence-corrected chi connectivity index (χ1v) is 35.0. The van der Waals surface area contributed by atoms with E-state index < -0.39 is 144 Å². The van der Waals surface area contributed by atoms with E-state index in [-0.39, 0.29) is 56.3 Å². The van der Waals surface area contributed by atoms with Gasteiger partial charge in [-0.1, -0.05) is 171 Å². The molecule has 0 aromatic heterocycles. The standard InChI is InChI=1S/C73H118N8O14/c1-17-19-20-21-22-23-24-25-26-27-28-29-54-43-61(83)74-55(38-39-60(82)79-65(50-30-34-52(92-15)35-31-50)51-32-36-53(93-16)37-33-51)66(85)75-56(40-45(3)4)67(86)76-57(41-46(5)6)69(88)80-63(48(9)10)71(90)78-59(44-62(84)95-73(12,13)14)68(87)77-58(42-47(7)8)70(89)81-64(49(11)18-2)72(91)94-54/h30-37,45-49,54-59,63-65H,17-29,38-44H2,1-16H3,(H,74,83)(H,75,85)(H,76,86)(H,77,87)(H,78,90)(H,79,82)(H,80,88)(H,81,89)/t49-,54?,55-,56-,57+,58+,59-,63-,64-/m0/s1. The quantitative estimate of drug-likeness (QED) is 0.0258. The number of esters is 2. The molecule has 22 nitrogen and oxygen atoms in total. The number of ether oxygens (including phenoxy) is 4. The van der Waals surface area contributed by atoms with Crippen LogP contribution in [0.15, 0.2) is 48.5 Å². The zero-order chi connectivity index (χ0) is 71.0. The first-order valence-electron chi connectivity index (χ1n) is 35.0. The van der Waals surface area contributed by atoms with Crippen LogP contribution in [-0.4, -0.2) is 127 Å². The SMILES string of the molecule is CCCCCCCCCCCCCC1CC(=O)N[C@@H](CCC(=O)NC(c2ccc(OC)cc2)c2ccc(OC)cc2)C(=O)N[C@@H](CC(C)C)C(=O)N[C@H](CC(C)C)C(=O)N[C@@H](C(C)C)C(=O)N[C@@H](CC(=O)OC(C)(C)C)C(=O)N[C@H](CC(C)C)C(=O)N[C@@H]([C@@H](C)CC)C(=O)O1. The number of methoxy groups -OCH3 is 2. The zero-order valence-electron chi connectivity index (χ0n) is 60.1. The van der Waals surface area contributed by atoms with E-state index in [0.29, 0.717) is 24.3 Å². The summed E-state index contributed by atoms with van der Waals surface area (Å²) in [5, 5.41) is 22.6. The molecule has 534 valence electrons. The van der Waals surface area contributed by atoms with Gasteiger partial charge in [0.1, 0.15) is 65.5 Å². The number of rotatable bonds is 31. The van der Waals surface area contributed by atoms with Gasteiger partial charge in [-0.05, 0) is 124 Å². The lowest BCUT2D eigenvalue weighted by Gasteiger charge is -2.30. The van der Waals surface area contributed by atoms with Crippen LogP contribution in [0.2, 0.25) is 0 Å². The maximum absolute atomic E-state index is 15.0. The Morgan fingerprint density at radius 1 is 0.516 bits per heavy atom. The molecule has 1 aliphatic rings. The van der Waals surface area contributed by atoms with Crippen molar-refractivity contribution in [2.24, 2.45) is 29.6 Å². The fourth-order valence-corrected chi connectivity index (χ4v) is 11.3. The Bertz CT molecular complexity index is 2680. The van der Waals surface area contributed by atoms with Gasteiger partial charge in [0.25, 0.3) is 0 Å². The molecular weight excluding hydrogens is 1210 g/mol. The zero-order valence-corrected chi connectivity index (χ0v) is 60.1. The fourth-order valence-electron chi connectivity index (χ4n) is 11.3. The van der Waals surface area contributed by atoms with Crippen molar-refractivity contribution in [1.29, 1.82) is 0 Å². The summed E-state index contributed by atoms with van der Waals surface area (Å²) in [6, 6.07) is 4.14. The number of amides is 8. The summed E-state index contributed by atoms with van der Waals surface area (Å²) in [5.74, 6) is -8.23. The Labute approximate surface area is 566 Å². The minimum atomic E-state index is -1.63. The fraction of sp³-hybridized carbons (Fsp3) is 0.699. The van der Waals surface area contributed by atoms with Crippen LogP contribution in [-0.2, 0) is 57.4 Å². The molecule has 1 heterocycles. The Kier molecular flexibility index (Phi) is 36.5. The van der Waals surface area contributed by atoms with E-state index in [1.807, 2.05) is 72.7 Å². The van der Waals surface area contributed by atoms with Gasteiger partial charge in [0.15, 0.2) is 0 Å². The predicted molar refractivity (Wildman–Crippen MR) is 367 cm³/mol. The highest BCUT2D eigenvalue weighted by atomic mass is 16.6. The molecule has 1 fully saturated rings. The lowest BCUT2D eigenvalue weighted by atomic mass is 9.97. The number of benzene rings is 2. The first kappa shape index (κ1) is 82.0. The molecule has 3 rings (SSSR count). The van der Waals surface area contributed by atoms with Crippen molar-refractivity contribution < 1.29 is 66.9 Å². The van der Waals surface area contributed by atoms with Gasteiger partial charge in [-0.3, -0.25) is 43.2 Å². The number of hydrogen-bond donors (Lipinski definition) is 8. The smallest absolute Gasteiger partial charge is 0.329 e. The van der Waals surface area contributed by atoms with Gasteiger partial charge < -0.3 is 61.5 Å². The molecule has 22 heteroatoms. The molecule has 0 aliphatic carbocycles. The molecule has 0 radical (unpaired) electrons. The van der Waals surface area contributed by atoms with E-state index in [1.54, 1.807) is 80.0 Å². The van der Waals surface area contributed by atoms with Crippen LogP contribution in [0.3, 0.4) is 0 Å². The van der Waals surface area contributed by atoms with Gasteiger partial charge >= 0.3 is 11.9 Å². The third kappa shape index (κ3) is 31.0. The van der Waals surface area contributed by atoms with Crippen molar-refractivity contribution in [2.75, 3.05) is 14.2 Å². The van der Waals surface area contributed by atoms with Crippen molar-refractivity contribution >= 4 is 59.2 Å². The minimum absolute atomic E-state index is 0.0581. The van der Waals surface area contributed by atoms with Crippen molar-refractivity contribution in [2.45, 2.75) is 285 Å². The molecule has 1 aliphatic heterocycles. The summed E-state index contributed by atoms with van der Waals surface area (Å²) < 4.78 is 22.7. The van der Waals surface area contributed by atoms with Gasteiger partial charge in [0, 0.05) is 6.42 Å². The maximum atomic E-state index is 15.0. The minimum Gasteiger partial charge on any atom is -0.497 e. The van der Waals surface area contributed by atoms with Crippen LogP contribution in [0, 0.1) is 29.6 Å². The Balaban J connectivity index is 2.25. The number of unbranched alkanes of at least 4 members (excludes halogenated alkanes) is 10. The van der Waals surface area contributed by atoms with E-state index in [2.05, 4.69) is 49.5 Å². The van der Waals surface area contributed by atoms with Crippen LogP contribution in [0.25, 0.3) is 0 Å². The number of carbonyl (C=O) groups is 10. The lowest BCUT2D eigenvalue weighted by Crippen LogP contribution is -2.61. The molecule has 95 heavy (non-hydrogen) atoms. The molecular formula is C73H118N8O14. The van der Waals surface area contributed by atoms with Gasteiger partial charge in [-0.25, -0.2) is 4.79 Å². The summed E-state index contributed by atoms with van der Waals surface area (Å²) in [4.78, 5) is 146. The van der Waals surface area contributed by atoms with E-state index in [0.717, 1.165) is 43.2 Å². The van der Waals surface area contributed by atoms with E-state index in [4.69, 9.17) is 18.9 Å². The van der Waals surface area contributed by atoms with Crippen molar-refractivity contribution in [3.05, 3.63) is 59.7 Å². The van der Waals surface area contributed by atoms with Crippen molar-refractivity contribution in [1.82, 2.24) is 42.5 Å². The number of hydrogen-bond acceptors (Lipinski definition) is 14. The molecule has 1 saturated heterocycles. The molecule has 8 N–H and O–H groups in total. The average Bonchev–Trinajstić information content (AvgIpc) is 0.949. The highest BCUT2D eigenvalue weighted by Crippen LogP contribution is 2.27. The van der Waals surface area contributed by atoms with Gasteiger partial charge in [0.05, 0.1) is 33.1 Å². The molecule has 8 amide bonds. The summed E-state index contributed by atoms with van der Waals surface area (Å²) >= 11 is 0. The molecule has 0 spiro atoms. The van der Waals surface area contributed by atoms with Crippen LogP contribution >= 0.6 is 0 Å². The Morgan fingerprint density at radius 2 is 0.926 bits per heavy atom. The van der Waals surface area contributed by atoms with Gasteiger partial charge in [-0.15, -0.1) is 0 Å². The Hall–Kier alpha value is -7.26. The number of carbonyl (C=O) groups excluding carboxylic acids is 10. The second-order valence-corrected chi connectivity index (χ2v) is 28.3. The normalized spacial score (nSPS) is 21.5. The molecule has 9 atom stereocenters. The average molecular weight is 1330 g/mol. The molecule has 2 aromatic rings. The summed E-state index contributed by atoms with van der Waals surface area (Å²) in [6.07, 6.45) is 9.64. The maximum Gasteiger partial charge on any atom is 0.329 e. The van der Waals surface area contributed by atoms with Gasteiger partial charge in [-0.2, -0.15) is 0 Å². The summed E-state index contributed by atoms with van der Waals surface area (Å²) in [6.45, 7) is 25.1. The van der Waals surface area contributed by atoms with Crippen LogP contribution in [0.5, 0.6) is 11.5 Å². The van der Waals surface area contributed by atoms with Crippen molar-refractivity contribution in [3.8, 4) is 11.5 Å². The van der Waals surface area contributed by atoms with Crippen LogP contribution in [0.1, 0.15) is 243 Å². The topological polar surface area (TPSA) is 304 Å². The van der Waals surface area contributed by atoms with Crippen molar-refractivity contribution in [3.63, 3.8) is 0 Å². The molecule has 2 aromatic carbocycles. The summed E-state index contributed by atoms with van der Waals surface area (Å²) in [7, 11) is 3.10. The third-order valence-electron chi connectivity index (χ3n) is 16.8.